The molecule has 3 atom stereocenters. The van der Waals surface area contributed by atoms with E-state index in [-0.39, 0.29) is 17.9 Å². The number of rotatable bonds is 3. The summed E-state index contributed by atoms with van der Waals surface area (Å²) in [7, 11) is 0. The molecule has 0 bridgehead atoms. The highest BCUT2D eigenvalue weighted by molar-refractivity contribution is 5.95. The number of ether oxygens (including phenoxy) is 1. The van der Waals surface area contributed by atoms with Gasteiger partial charge in [0.2, 0.25) is 0 Å². The molecule has 0 N–H and O–H groups in total. The van der Waals surface area contributed by atoms with Crippen LogP contribution < -0.4 is 4.74 Å². The Labute approximate surface area is 273 Å². The fraction of sp³-hybridized carbons (Fsp3) is 0.0909. The lowest BCUT2D eigenvalue weighted by Crippen LogP contribution is -2.21. The lowest BCUT2D eigenvalue weighted by Gasteiger charge is -2.32. The van der Waals surface area contributed by atoms with Crippen molar-refractivity contribution in [3.05, 3.63) is 174 Å². The Bertz CT molecular complexity index is 2440. The van der Waals surface area contributed by atoms with Crippen LogP contribution >= 0.6 is 0 Å². The summed E-state index contributed by atoms with van der Waals surface area (Å²) < 4.78 is 6.76. The van der Waals surface area contributed by atoms with E-state index in [1.807, 2.05) is 18.2 Å². The summed E-state index contributed by atoms with van der Waals surface area (Å²) in [4.78, 5) is 10.2. The molecule has 3 unspecified atom stereocenters. The zero-order valence-corrected chi connectivity index (χ0v) is 25.7. The van der Waals surface area contributed by atoms with E-state index in [4.69, 9.17) is 14.7 Å². The van der Waals surface area contributed by atoms with E-state index >= 15 is 0 Å². The van der Waals surface area contributed by atoms with Crippen molar-refractivity contribution in [3.8, 4) is 39.5 Å². The first-order valence-electron chi connectivity index (χ1n) is 16.4. The predicted octanol–water partition coefficient (Wildman–Crippen LogP) is 10.5. The molecule has 1 aliphatic heterocycles. The molecule has 3 aliphatic rings. The van der Waals surface area contributed by atoms with Gasteiger partial charge in [-0.05, 0) is 63.2 Å². The Morgan fingerprint density at radius 1 is 0.596 bits per heavy atom. The predicted molar refractivity (Wildman–Crippen MR) is 191 cm³/mol. The van der Waals surface area contributed by atoms with Gasteiger partial charge in [-0.3, -0.25) is 0 Å². The fourth-order valence-corrected chi connectivity index (χ4v) is 8.04. The molecule has 0 fully saturated rings. The Morgan fingerprint density at radius 2 is 1.36 bits per heavy atom. The van der Waals surface area contributed by atoms with Crippen molar-refractivity contribution >= 4 is 21.7 Å². The molecule has 0 spiro atoms. The third-order valence-corrected chi connectivity index (χ3v) is 10.2. The lowest BCUT2D eigenvalue weighted by molar-refractivity contribution is 0.268. The summed E-state index contributed by atoms with van der Waals surface area (Å²) in [5.41, 5.74) is 12.0. The second kappa shape index (κ2) is 10.4. The summed E-state index contributed by atoms with van der Waals surface area (Å²) in [6.07, 6.45) is 7.96. The van der Waals surface area contributed by atoms with Crippen LogP contribution in [0.4, 0.5) is 0 Å². The molecule has 3 nitrogen and oxygen atoms in total. The number of para-hydroxylation sites is 2. The van der Waals surface area contributed by atoms with Gasteiger partial charge in [0.1, 0.15) is 11.9 Å². The Morgan fingerprint density at radius 3 is 2.30 bits per heavy atom. The van der Waals surface area contributed by atoms with E-state index in [1.54, 1.807) is 0 Å². The topological polar surface area (TPSA) is 35.0 Å². The summed E-state index contributed by atoms with van der Waals surface area (Å²) in [5, 5.41) is 3.70. The normalized spacial score (nSPS) is 19.0. The highest BCUT2D eigenvalue weighted by Crippen LogP contribution is 2.51. The van der Waals surface area contributed by atoms with E-state index in [0.717, 1.165) is 39.9 Å². The SMILES string of the molecule is C1=CC2Oc3c(-c4nc(-c5ccccc5)c5ccccc5n4)cccc3C2C=C1C1Cc2c(ccc3ccccc23)-c2ccccc21. The first kappa shape index (κ1) is 26.4. The lowest BCUT2D eigenvalue weighted by atomic mass is 9.72. The molecule has 10 rings (SSSR count). The van der Waals surface area contributed by atoms with Crippen molar-refractivity contribution in [1.29, 1.82) is 0 Å². The average Bonchev–Trinajstić information content (AvgIpc) is 3.52. The quantitative estimate of drug-likeness (QED) is 0.202. The van der Waals surface area contributed by atoms with E-state index in [9.17, 15) is 0 Å². The van der Waals surface area contributed by atoms with Crippen LogP contribution in [0, 0.1) is 0 Å². The van der Waals surface area contributed by atoms with Crippen LogP contribution in [0.25, 0.3) is 55.4 Å². The number of hydrogen-bond acceptors (Lipinski definition) is 3. The van der Waals surface area contributed by atoms with Crippen molar-refractivity contribution in [2.24, 2.45) is 0 Å². The molecule has 0 saturated carbocycles. The largest absolute Gasteiger partial charge is 0.484 e. The zero-order valence-electron chi connectivity index (χ0n) is 25.7. The first-order valence-corrected chi connectivity index (χ1v) is 16.4. The van der Waals surface area contributed by atoms with E-state index < -0.39 is 0 Å². The van der Waals surface area contributed by atoms with Gasteiger partial charge in [-0.15, -0.1) is 0 Å². The van der Waals surface area contributed by atoms with Crippen molar-refractivity contribution in [1.82, 2.24) is 9.97 Å². The molecule has 2 aliphatic carbocycles. The second-order valence-electron chi connectivity index (χ2n) is 12.8. The van der Waals surface area contributed by atoms with Crippen LogP contribution in [0.3, 0.4) is 0 Å². The number of hydrogen-bond donors (Lipinski definition) is 0. The minimum atomic E-state index is -0.0594. The van der Waals surface area contributed by atoms with Gasteiger partial charge in [0.25, 0.3) is 0 Å². The summed E-state index contributed by atoms with van der Waals surface area (Å²) in [6.45, 7) is 0. The molecular formula is C44H30N2O. The number of fused-ring (bicyclic) bond motifs is 9. The van der Waals surface area contributed by atoms with E-state index in [0.29, 0.717) is 5.82 Å². The second-order valence-corrected chi connectivity index (χ2v) is 12.8. The summed E-state index contributed by atoms with van der Waals surface area (Å²) in [5.74, 6) is 1.97. The van der Waals surface area contributed by atoms with Gasteiger partial charge >= 0.3 is 0 Å². The van der Waals surface area contributed by atoms with Crippen molar-refractivity contribution in [3.63, 3.8) is 0 Å². The maximum atomic E-state index is 6.76. The number of nitrogens with zero attached hydrogens (tertiary/aromatic N) is 2. The molecule has 1 aromatic heterocycles. The Balaban J connectivity index is 1.08. The molecule has 3 heteroatoms. The summed E-state index contributed by atoms with van der Waals surface area (Å²) in [6, 6.07) is 47.4. The van der Waals surface area contributed by atoms with Gasteiger partial charge in [-0.1, -0.05) is 133 Å². The van der Waals surface area contributed by atoms with Gasteiger partial charge < -0.3 is 4.74 Å². The molecule has 7 aromatic rings. The summed E-state index contributed by atoms with van der Waals surface area (Å²) >= 11 is 0. The van der Waals surface area contributed by atoms with Crippen molar-refractivity contribution in [2.45, 2.75) is 24.4 Å². The fourth-order valence-electron chi connectivity index (χ4n) is 8.04. The van der Waals surface area contributed by atoms with Gasteiger partial charge in [0.15, 0.2) is 5.82 Å². The third kappa shape index (κ3) is 4.13. The average molecular weight is 603 g/mol. The van der Waals surface area contributed by atoms with Crippen LogP contribution in [0.15, 0.2) is 157 Å². The van der Waals surface area contributed by atoms with Gasteiger partial charge in [0, 0.05) is 28.3 Å². The highest BCUT2D eigenvalue weighted by atomic mass is 16.5. The molecule has 0 radical (unpaired) electrons. The minimum Gasteiger partial charge on any atom is -0.484 e. The van der Waals surface area contributed by atoms with Crippen LogP contribution in [-0.4, -0.2) is 16.1 Å². The van der Waals surface area contributed by atoms with Gasteiger partial charge in [-0.2, -0.15) is 0 Å². The minimum absolute atomic E-state index is 0.0594. The molecule has 2 heterocycles. The molecule has 0 saturated heterocycles. The maximum absolute atomic E-state index is 6.76. The first-order chi connectivity index (χ1) is 23.3. The molecule has 222 valence electrons. The van der Waals surface area contributed by atoms with Crippen LogP contribution in [0.1, 0.15) is 28.5 Å². The standard InChI is InChI=1S/C44H30N2O/c1-2-12-28(13-3-1)42-35-17-8-9-20-40(35)45-44(46-42)36-19-10-18-34-39-25-29(22-24-41(39)47-43(34)36)37-26-38-30-14-5-4-11-27(30)21-23-33(38)31-15-6-7-16-32(31)37/h1-25,37,39,41H,26H2. The zero-order chi connectivity index (χ0) is 30.9. The van der Waals surface area contributed by atoms with Gasteiger partial charge in [-0.25, -0.2) is 9.97 Å². The van der Waals surface area contributed by atoms with Crippen molar-refractivity contribution < 1.29 is 4.74 Å². The number of aromatic nitrogens is 2. The molecule has 0 amide bonds. The molecule has 47 heavy (non-hydrogen) atoms. The molecule has 6 aromatic carbocycles. The smallest absolute Gasteiger partial charge is 0.164 e. The number of benzene rings is 6. The van der Waals surface area contributed by atoms with Gasteiger partial charge in [0.05, 0.1) is 16.8 Å². The molecular weight excluding hydrogens is 572 g/mol. The van der Waals surface area contributed by atoms with Crippen LogP contribution in [-0.2, 0) is 6.42 Å². The Kier molecular flexibility index (Phi) is 5.83. The maximum Gasteiger partial charge on any atom is 0.164 e. The Hall–Kier alpha value is -5.80. The van der Waals surface area contributed by atoms with Crippen LogP contribution in [0.5, 0.6) is 5.75 Å². The van der Waals surface area contributed by atoms with Crippen molar-refractivity contribution in [2.75, 3.05) is 0 Å². The monoisotopic (exact) mass is 602 g/mol. The van der Waals surface area contributed by atoms with E-state index in [2.05, 4.69) is 133 Å². The van der Waals surface area contributed by atoms with E-state index in [1.165, 1.54) is 44.2 Å². The van der Waals surface area contributed by atoms with Crippen LogP contribution in [0.2, 0.25) is 0 Å². The third-order valence-electron chi connectivity index (χ3n) is 10.2. The highest BCUT2D eigenvalue weighted by Gasteiger charge is 2.38. The number of allylic oxidation sites excluding steroid dienone is 2.